The van der Waals surface area contributed by atoms with E-state index in [4.69, 9.17) is 0 Å². The van der Waals surface area contributed by atoms with Crippen LogP contribution in [0.15, 0.2) is 30.3 Å². The number of carbonyl (C=O) groups is 1. The Bertz CT molecular complexity index is 695. The number of carbonyl (C=O) groups excluding carboxylic acids is 1. The van der Waals surface area contributed by atoms with Crippen molar-refractivity contribution in [3.8, 4) is 0 Å². The second-order valence-electron chi connectivity index (χ2n) is 5.92. The van der Waals surface area contributed by atoms with Crippen LogP contribution >= 0.6 is 34.9 Å². The average Bonchev–Trinajstić information content (AvgIpc) is 3.24. The van der Waals surface area contributed by atoms with Crippen molar-refractivity contribution in [2.45, 2.75) is 30.3 Å². The first-order chi connectivity index (χ1) is 11.3. The molecule has 0 saturated carbocycles. The van der Waals surface area contributed by atoms with Crippen LogP contribution in [-0.4, -0.2) is 17.4 Å². The number of anilines is 1. The minimum absolute atomic E-state index is 0.0354. The molecule has 2 nitrogen and oxygen atoms in total. The topological polar surface area (TPSA) is 29.1 Å². The number of rotatable bonds is 3. The van der Waals surface area contributed by atoms with E-state index in [-0.39, 0.29) is 5.91 Å². The normalized spacial score (nSPS) is 17.9. The summed E-state index contributed by atoms with van der Waals surface area (Å²) in [6.07, 6.45) is 4.78. The smallest absolute Gasteiger partial charge is 0.265 e. The lowest BCUT2D eigenvalue weighted by Crippen LogP contribution is -2.10. The summed E-state index contributed by atoms with van der Waals surface area (Å²) in [4.78, 5) is 14.8. The van der Waals surface area contributed by atoms with Crippen molar-refractivity contribution >= 4 is 46.5 Å². The molecule has 0 spiro atoms. The second kappa shape index (κ2) is 6.91. The second-order valence-corrected chi connectivity index (χ2v) is 9.78. The van der Waals surface area contributed by atoms with Gasteiger partial charge >= 0.3 is 0 Å². The summed E-state index contributed by atoms with van der Waals surface area (Å²) >= 11 is 5.65. The highest BCUT2D eigenvalue weighted by molar-refractivity contribution is 8.19. The number of thioether (sulfide) groups is 2. The van der Waals surface area contributed by atoms with Crippen LogP contribution in [0.2, 0.25) is 0 Å². The molecule has 2 heterocycles. The van der Waals surface area contributed by atoms with Crippen molar-refractivity contribution in [2.75, 3.05) is 16.8 Å². The third kappa shape index (κ3) is 3.47. The lowest BCUT2D eigenvalue weighted by atomic mass is 9.99. The van der Waals surface area contributed by atoms with Crippen molar-refractivity contribution < 1.29 is 4.79 Å². The van der Waals surface area contributed by atoms with Gasteiger partial charge in [0.1, 0.15) is 0 Å². The van der Waals surface area contributed by atoms with Gasteiger partial charge in [-0.3, -0.25) is 4.79 Å². The van der Waals surface area contributed by atoms with E-state index >= 15 is 0 Å². The van der Waals surface area contributed by atoms with Gasteiger partial charge in [0.05, 0.1) is 9.46 Å². The average molecular weight is 362 g/mol. The molecular formula is C18H19NOS3. The van der Waals surface area contributed by atoms with E-state index in [0.29, 0.717) is 4.58 Å². The number of nitrogens with one attached hydrogen (secondary N) is 1. The standard InChI is InChI=1S/C18H19NOS3/c20-17(16-11-12-4-1-2-7-15(12)23-16)19-14-6-3-5-13(10-14)18-21-8-9-22-18/h3,5-6,10-11,18H,1-2,4,7-9H2,(H,19,20). The SMILES string of the molecule is O=C(Nc1cccc(C2SCCS2)c1)c1cc2c(s1)CCCC2. The monoisotopic (exact) mass is 361 g/mol. The zero-order chi connectivity index (χ0) is 15.6. The van der Waals surface area contributed by atoms with Crippen LogP contribution in [0, 0.1) is 0 Å². The van der Waals surface area contributed by atoms with Crippen LogP contribution in [0.3, 0.4) is 0 Å². The lowest BCUT2D eigenvalue weighted by Gasteiger charge is -2.10. The molecule has 1 aliphatic carbocycles. The summed E-state index contributed by atoms with van der Waals surface area (Å²) in [5.74, 6) is 2.47. The Kier molecular flexibility index (Phi) is 4.69. The molecule has 5 heteroatoms. The van der Waals surface area contributed by atoms with Gasteiger partial charge in [-0.15, -0.1) is 34.9 Å². The van der Waals surface area contributed by atoms with E-state index in [2.05, 4.69) is 23.5 Å². The molecule has 1 N–H and O–H groups in total. The van der Waals surface area contributed by atoms with Crippen molar-refractivity contribution in [3.05, 3.63) is 51.2 Å². The Hall–Kier alpha value is -0.910. The van der Waals surface area contributed by atoms with Gasteiger partial charge in [-0.2, -0.15) is 0 Å². The van der Waals surface area contributed by atoms with Crippen LogP contribution in [0.4, 0.5) is 5.69 Å². The van der Waals surface area contributed by atoms with Gasteiger partial charge in [-0.25, -0.2) is 0 Å². The van der Waals surface area contributed by atoms with Crippen LogP contribution in [0.25, 0.3) is 0 Å². The number of aryl methyl sites for hydroxylation is 2. The molecule has 4 rings (SSSR count). The van der Waals surface area contributed by atoms with Gasteiger partial charge in [0, 0.05) is 22.1 Å². The molecule has 1 aromatic heterocycles. The summed E-state index contributed by atoms with van der Waals surface area (Å²) in [6.45, 7) is 0. The largest absolute Gasteiger partial charge is 0.321 e. The number of thiophene rings is 1. The minimum atomic E-state index is 0.0354. The molecule has 0 radical (unpaired) electrons. The van der Waals surface area contributed by atoms with E-state index < -0.39 is 0 Å². The number of fused-ring (bicyclic) bond motifs is 1. The first-order valence-corrected chi connectivity index (χ1v) is 11.0. The van der Waals surface area contributed by atoms with Gasteiger partial charge in [-0.1, -0.05) is 12.1 Å². The maximum Gasteiger partial charge on any atom is 0.265 e. The molecule has 1 aliphatic heterocycles. The summed E-state index contributed by atoms with van der Waals surface area (Å²) in [6, 6.07) is 10.4. The predicted molar refractivity (Wildman–Crippen MR) is 103 cm³/mol. The summed E-state index contributed by atoms with van der Waals surface area (Å²) in [5.41, 5.74) is 3.60. The number of amides is 1. The van der Waals surface area contributed by atoms with Crippen molar-refractivity contribution in [1.82, 2.24) is 0 Å². The molecule has 23 heavy (non-hydrogen) atoms. The highest BCUT2D eigenvalue weighted by Crippen LogP contribution is 2.45. The molecule has 2 aromatic rings. The van der Waals surface area contributed by atoms with Gasteiger partial charge in [0.25, 0.3) is 5.91 Å². The predicted octanol–water partition coefficient (Wildman–Crippen LogP) is 5.36. The third-order valence-corrected chi connectivity index (χ3v) is 8.60. The van der Waals surface area contributed by atoms with E-state index in [1.54, 1.807) is 11.3 Å². The summed E-state index contributed by atoms with van der Waals surface area (Å²) in [7, 11) is 0. The molecule has 0 atom stereocenters. The van der Waals surface area contributed by atoms with Crippen LogP contribution in [0.1, 0.15) is 43.1 Å². The Balaban J connectivity index is 1.50. The fraction of sp³-hybridized carbons (Fsp3) is 0.389. The molecular weight excluding hydrogens is 342 g/mol. The number of hydrogen-bond donors (Lipinski definition) is 1. The van der Waals surface area contributed by atoms with Gasteiger partial charge < -0.3 is 5.32 Å². The third-order valence-electron chi connectivity index (χ3n) is 4.26. The van der Waals surface area contributed by atoms with E-state index in [9.17, 15) is 4.79 Å². The van der Waals surface area contributed by atoms with Gasteiger partial charge in [0.15, 0.2) is 0 Å². The highest BCUT2D eigenvalue weighted by atomic mass is 32.2. The van der Waals surface area contributed by atoms with E-state index in [1.165, 1.54) is 40.4 Å². The summed E-state index contributed by atoms with van der Waals surface area (Å²) in [5, 5.41) is 3.08. The molecule has 0 bridgehead atoms. The first kappa shape index (κ1) is 15.6. The Morgan fingerprint density at radius 2 is 1.91 bits per heavy atom. The Labute approximate surface area is 149 Å². The zero-order valence-corrected chi connectivity index (χ0v) is 15.3. The zero-order valence-electron chi connectivity index (χ0n) is 12.8. The fourth-order valence-corrected chi connectivity index (χ4v) is 7.10. The molecule has 120 valence electrons. The maximum absolute atomic E-state index is 12.6. The molecule has 1 fully saturated rings. The van der Waals surface area contributed by atoms with Gasteiger partial charge in [0.2, 0.25) is 0 Å². The van der Waals surface area contributed by atoms with Crippen LogP contribution in [0.5, 0.6) is 0 Å². The quantitative estimate of drug-likeness (QED) is 0.798. The van der Waals surface area contributed by atoms with Crippen molar-refractivity contribution in [1.29, 1.82) is 0 Å². The molecule has 1 amide bonds. The summed E-state index contributed by atoms with van der Waals surface area (Å²) < 4.78 is 0.515. The Morgan fingerprint density at radius 1 is 1.09 bits per heavy atom. The van der Waals surface area contributed by atoms with E-state index in [0.717, 1.165) is 23.4 Å². The van der Waals surface area contributed by atoms with Crippen LogP contribution < -0.4 is 5.32 Å². The molecule has 0 unspecified atom stereocenters. The Morgan fingerprint density at radius 3 is 2.74 bits per heavy atom. The maximum atomic E-state index is 12.6. The van der Waals surface area contributed by atoms with Crippen molar-refractivity contribution in [3.63, 3.8) is 0 Å². The molecule has 1 aromatic carbocycles. The number of hydrogen-bond acceptors (Lipinski definition) is 4. The molecule has 1 saturated heterocycles. The fourth-order valence-electron chi connectivity index (χ4n) is 3.11. The van der Waals surface area contributed by atoms with Crippen molar-refractivity contribution in [2.24, 2.45) is 0 Å². The lowest BCUT2D eigenvalue weighted by molar-refractivity contribution is 0.103. The number of benzene rings is 1. The molecule has 2 aliphatic rings. The van der Waals surface area contributed by atoms with E-state index in [1.807, 2.05) is 35.7 Å². The highest BCUT2D eigenvalue weighted by Gasteiger charge is 2.20. The van der Waals surface area contributed by atoms with Crippen LogP contribution in [-0.2, 0) is 12.8 Å². The first-order valence-electron chi connectivity index (χ1n) is 8.06. The minimum Gasteiger partial charge on any atom is -0.321 e. The van der Waals surface area contributed by atoms with Gasteiger partial charge in [-0.05, 0) is 55.0 Å².